The highest BCUT2D eigenvalue weighted by Gasteiger charge is 2.55. The number of rotatable bonds is 7. The summed E-state index contributed by atoms with van der Waals surface area (Å²) in [6, 6.07) is 0. The fraction of sp³-hybridized carbons (Fsp3) is 0.857. The third-order valence-corrected chi connectivity index (χ3v) is 5.61. The van der Waals surface area contributed by atoms with Gasteiger partial charge in [0, 0.05) is 0 Å². The Balaban J connectivity index is 1.94. The van der Waals surface area contributed by atoms with Crippen molar-refractivity contribution in [1.29, 1.82) is 0 Å². The molecule has 24 heavy (non-hydrogen) atoms. The van der Waals surface area contributed by atoms with Crippen LogP contribution in [0.25, 0.3) is 0 Å². The maximum Gasteiger partial charge on any atom is 0.465 e. The first kappa shape index (κ1) is 19.0. The van der Waals surface area contributed by atoms with Gasteiger partial charge in [0.15, 0.2) is 6.61 Å². The number of fused-ring (bicyclic) bond motifs is 2. The molecule has 138 valence electrons. The van der Waals surface area contributed by atoms with Crippen LogP contribution < -0.4 is 0 Å². The van der Waals surface area contributed by atoms with Crippen LogP contribution in [0, 0.1) is 11.8 Å². The molecular formula is C14H20F2O7S. The van der Waals surface area contributed by atoms with Gasteiger partial charge in [0.25, 0.3) is 0 Å². The Labute approximate surface area is 138 Å². The topological polar surface area (TPSA) is 107 Å². The molecule has 2 saturated carbocycles. The zero-order valence-electron chi connectivity index (χ0n) is 13.2. The summed E-state index contributed by atoms with van der Waals surface area (Å²) in [4.78, 5) is 22.9. The molecule has 2 rings (SSSR count). The van der Waals surface area contributed by atoms with E-state index in [0.29, 0.717) is 18.8 Å². The van der Waals surface area contributed by atoms with Crippen molar-refractivity contribution in [1.82, 2.24) is 0 Å². The van der Waals surface area contributed by atoms with Crippen molar-refractivity contribution in [3.8, 4) is 0 Å². The summed E-state index contributed by atoms with van der Waals surface area (Å²) in [5.74, 6) is -2.84. The number of esters is 2. The van der Waals surface area contributed by atoms with Gasteiger partial charge < -0.3 is 9.47 Å². The average Bonchev–Trinajstić information content (AvgIpc) is 3.04. The summed E-state index contributed by atoms with van der Waals surface area (Å²) >= 11 is 0. The van der Waals surface area contributed by atoms with Gasteiger partial charge in [-0.25, -0.2) is 9.59 Å². The number of hydrogen-bond acceptors (Lipinski definition) is 6. The number of carbonyl (C=O) groups is 2. The van der Waals surface area contributed by atoms with E-state index < -0.39 is 39.5 Å². The molecule has 0 amide bonds. The fourth-order valence-corrected chi connectivity index (χ4v) is 4.14. The lowest BCUT2D eigenvalue weighted by atomic mass is 9.81. The van der Waals surface area contributed by atoms with Gasteiger partial charge in [0.1, 0.15) is 5.60 Å². The number of carbonyl (C=O) groups excluding carboxylic acids is 2. The Morgan fingerprint density at radius 3 is 2.46 bits per heavy atom. The van der Waals surface area contributed by atoms with Gasteiger partial charge in [-0.1, -0.05) is 13.3 Å². The smallest absolute Gasteiger partial charge is 0.456 e. The van der Waals surface area contributed by atoms with Crippen LogP contribution in [0.1, 0.15) is 45.4 Å². The van der Waals surface area contributed by atoms with Crippen molar-refractivity contribution >= 4 is 22.1 Å². The summed E-state index contributed by atoms with van der Waals surface area (Å²) in [7, 11) is -5.96. The summed E-state index contributed by atoms with van der Waals surface area (Å²) in [5, 5.41) is -5.12. The zero-order valence-corrected chi connectivity index (χ0v) is 14.0. The quantitative estimate of drug-likeness (QED) is 0.539. The van der Waals surface area contributed by atoms with E-state index in [2.05, 4.69) is 4.74 Å². The molecule has 10 heteroatoms. The van der Waals surface area contributed by atoms with Crippen molar-refractivity contribution in [2.45, 2.75) is 56.3 Å². The van der Waals surface area contributed by atoms with E-state index in [1.165, 1.54) is 0 Å². The Kier molecular flexibility index (Phi) is 5.19. The second-order valence-electron chi connectivity index (χ2n) is 6.44. The van der Waals surface area contributed by atoms with E-state index in [4.69, 9.17) is 9.29 Å². The molecule has 0 radical (unpaired) electrons. The van der Waals surface area contributed by atoms with Crippen LogP contribution in [0.15, 0.2) is 0 Å². The standard InChI is InChI=1S/C14H20F2O7S/c1-2-5-13(7-9-3-4-10(13)6-9)23-11(17)8-22-12(18)14(15,16)24(19,20)21/h9-10H,2-8H2,1H3,(H,19,20,21). The summed E-state index contributed by atoms with van der Waals surface area (Å²) in [5.41, 5.74) is -0.660. The van der Waals surface area contributed by atoms with Gasteiger partial charge in [-0.3, -0.25) is 4.55 Å². The highest BCUT2D eigenvalue weighted by atomic mass is 32.2. The number of halogens is 2. The van der Waals surface area contributed by atoms with Crippen LogP contribution >= 0.6 is 0 Å². The Morgan fingerprint density at radius 2 is 2.00 bits per heavy atom. The molecule has 2 aliphatic carbocycles. The molecule has 0 aromatic carbocycles. The molecule has 0 aromatic rings. The predicted octanol–water partition coefficient (Wildman–Crippen LogP) is 1.91. The second kappa shape index (κ2) is 6.55. The Hall–Kier alpha value is -1.29. The maximum atomic E-state index is 13.0. The Bertz CT molecular complexity index is 619. The van der Waals surface area contributed by atoms with Crippen molar-refractivity contribution in [3.05, 3.63) is 0 Å². The van der Waals surface area contributed by atoms with E-state index in [9.17, 15) is 26.8 Å². The minimum absolute atomic E-state index is 0.210. The highest BCUT2D eigenvalue weighted by Crippen LogP contribution is 2.54. The molecule has 0 spiro atoms. The molecular weight excluding hydrogens is 350 g/mol. The first-order valence-electron chi connectivity index (χ1n) is 7.75. The van der Waals surface area contributed by atoms with E-state index in [1.54, 1.807) is 0 Å². The first-order valence-corrected chi connectivity index (χ1v) is 9.20. The molecule has 2 aliphatic rings. The van der Waals surface area contributed by atoms with Crippen LogP contribution in [0.3, 0.4) is 0 Å². The molecule has 2 bridgehead atoms. The number of ether oxygens (including phenoxy) is 2. The van der Waals surface area contributed by atoms with E-state index in [0.717, 1.165) is 25.7 Å². The Morgan fingerprint density at radius 1 is 1.33 bits per heavy atom. The molecule has 0 aromatic heterocycles. The maximum absolute atomic E-state index is 13.0. The summed E-state index contributed by atoms with van der Waals surface area (Å²) in [6.45, 7) is 0.807. The van der Waals surface area contributed by atoms with Crippen molar-refractivity contribution in [2.75, 3.05) is 6.61 Å². The lowest BCUT2D eigenvalue weighted by Crippen LogP contribution is -2.43. The SMILES string of the molecule is CCCC1(OC(=O)COC(=O)C(F)(F)S(=O)(=O)O)CC2CCC1C2. The molecule has 2 fully saturated rings. The monoisotopic (exact) mass is 370 g/mol. The van der Waals surface area contributed by atoms with Gasteiger partial charge in [-0.05, 0) is 43.9 Å². The summed E-state index contributed by atoms with van der Waals surface area (Å²) in [6.07, 6.45) is 5.06. The normalized spacial score (nSPS) is 29.5. The minimum atomic E-state index is -5.96. The van der Waals surface area contributed by atoms with Crippen molar-refractivity contribution < 1.29 is 40.8 Å². The van der Waals surface area contributed by atoms with E-state index in [-0.39, 0.29) is 5.92 Å². The third kappa shape index (κ3) is 3.53. The summed E-state index contributed by atoms with van der Waals surface area (Å²) < 4.78 is 64.7. The first-order chi connectivity index (χ1) is 11.0. The van der Waals surface area contributed by atoms with Gasteiger partial charge in [-0.15, -0.1) is 0 Å². The number of alkyl halides is 2. The van der Waals surface area contributed by atoms with Gasteiger partial charge in [0.05, 0.1) is 0 Å². The van der Waals surface area contributed by atoms with Crippen LogP contribution in [0.5, 0.6) is 0 Å². The van der Waals surface area contributed by atoms with E-state index in [1.807, 2.05) is 6.92 Å². The molecule has 0 saturated heterocycles. The zero-order chi connectivity index (χ0) is 18.2. The molecule has 1 N–H and O–H groups in total. The molecule has 3 atom stereocenters. The number of hydrogen-bond donors (Lipinski definition) is 1. The lowest BCUT2D eigenvalue weighted by molar-refractivity contribution is -0.181. The van der Waals surface area contributed by atoms with Gasteiger partial charge >= 0.3 is 27.3 Å². The van der Waals surface area contributed by atoms with Crippen LogP contribution in [0.4, 0.5) is 8.78 Å². The molecule has 0 aliphatic heterocycles. The van der Waals surface area contributed by atoms with Gasteiger partial charge in [-0.2, -0.15) is 17.2 Å². The van der Waals surface area contributed by atoms with Crippen molar-refractivity contribution in [2.24, 2.45) is 11.8 Å². The minimum Gasteiger partial charge on any atom is -0.456 e. The molecule has 3 unspecified atom stereocenters. The predicted molar refractivity (Wildman–Crippen MR) is 76.6 cm³/mol. The molecule has 0 heterocycles. The van der Waals surface area contributed by atoms with Crippen LogP contribution in [-0.2, 0) is 29.2 Å². The van der Waals surface area contributed by atoms with Crippen LogP contribution in [0.2, 0.25) is 0 Å². The average molecular weight is 370 g/mol. The fourth-order valence-electron chi connectivity index (χ4n) is 3.87. The van der Waals surface area contributed by atoms with Crippen LogP contribution in [-0.4, -0.2) is 42.4 Å². The largest absolute Gasteiger partial charge is 0.465 e. The highest BCUT2D eigenvalue weighted by molar-refractivity contribution is 7.87. The van der Waals surface area contributed by atoms with Crippen molar-refractivity contribution in [3.63, 3.8) is 0 Å². The molecule has 7 nitrogen and oxygen atoms in total. The lowest BCUT2D eigenvalue weighted by Gasteiger charge is -2.37. The van der Waals surface area contributed by atoms with E-state index >= 15 is 0 Å². The third-order valence-electron chi connectivity index (χ3n) is 4.79. The second-order valence-corrected chi connectivity index (χ2v) is 7.90. The van der Waals surface area contributed by atoms with Gasteiger partial charge in [0.2, 0.25) is 0 Å².